The first-order valence-electron chi connectivity index (χ1n) is 10.6. The maximum absolute atomic E-state index is 12.7. The Morgan fingerprint density at radius 2 is 1.85 bits per heavy atom. The third-order valence-corrected chi connectivity index (χ3v) is 6.31. The van der Waals surface area contributed by atoms with Gasteiger partial charge in [0.1, 0.15) is 11.5 Å². The molecule has 0 saturated carbocycles. The topological polar surface area (TPSA) is 96.5 Å². The fraction of sp³-hybridized carbons (Fsp3) is 0.292. The lowest BCUT2D eigenvalue weighted by molar-refractivity contribution is -0.113. The molecule has 0 saturated heterocycles. The zero-order chi connectivity index (χ0) is 23.2. The van der Waals surface area contributed by atoms with Crippen molar-refractivity contribution < 1.29 is 14.3 Å². The molecule has 2 aromatic carbocycles. The number of nitrogens with zero attached hydrogens (tertiary/aromatic N) is 2. The maximum Gasteiger partial charge on any atom is 0.256 e. The first-order valence-corrected chi connectivity index (χ1v) is 11.6. The monoisotopic (exact) mass is 466 g/mol. The van der Waals surface area contributed by atoms with Gasteiger partial charge in [0.15, 0.2) is 5.16 Å². The molecule has 0 bridgehead atoms. The largest absolute Gasteiger partial charge is 0.496 e. The predicted octanol–water partition coefficient (Wildman–Crippen LogP) is 3.08. The highest BCUT2D eigenvalue weighted by atomic mass is 32.2. The summed E-state index contributed by atoms with van der Waals surface area (Å²) in [6.07, 6.45) is 0.676. The van der Waals surface area contributed by atoms with E-state index in [0.717, 1.165) is 23.6 Å². The van der Waals surface area contributed by atoms with E-state index >= 15 is 0 Å². The van der Waals surface area contributed by atoms with Crippen LogP contribution in [0.1, 0.15) is 16.8 Å². The van der Waals surface area contributed by atoms with Crippen molar-refractivity contribution in [2.45, 2.75) is 24.7 Å². The molecule has 0 fully saturated rings. The average Bonchev–Trinajstić information content (AvgIpc) is 2.84. The lowest BCUT2D eigenvalue weighted by Crippen LogP contribution is -2.35. The second-order valence-electron chi connectivity index (χ2n) is 7.61. The zero-order valence-corrected chi connectivity index (χ0v) is 19.4. The van der Waals surface area contributed by atoms with Gasteiger partial charge in [-0.1, -0.05) is 42.1 Å². The Morgan fingerprint density at radius 1 is 1.12 bits per heavy atom. The van der Waals surface area contributed by atoms with Crippen LogP contribution in [0.3, 0.4) is 0 Å². The van der Waals surface area contributed by atoms with Crippen molar-refractivity contribution in [2.24, 2.45) is 0 Å². The molecule has 33 heavy (non-hydrogen) atoms. The second kappa shape index (κ2) is 10.5. The van der Waals surface area contributed by atoms with Gasteiger partial charge in [0, 0.05) is 31.6 Å². The molecule has 0 spiro atoms. The third kappa shape index (κ3) is 5.55. The number of nitrogens with one attached hydrogen (secondary N) is 2. The summed E-state index contributed by atoms with van der Waals surface area (Å²) in [6.45, 7) is 2.01. The quantitative estimate of drug-likeness (QED) is 0.389. The van der Waals surface area contributed by atoms with Crippen molar-refractivity contribution in [3.05, 3.63) is 75.7 Å². The number of anilines is 1. The van der Waals surface area contributed by atoms with Gasteiger partial charge in [-0.2, -0.15) is 0 Å². The van der Waals surface area contributed by atoms with E-state index in [2.05, 4.69) is 20.2 Å². The summed E-state index contributed by atoms with van der Waals surface area (Å²) in [5.74, 6) is 1.36. The molecule has 3 aromatic rings. The number of H-pyrrole nitrogens is 1. The summed E-state index contributed by atoms with van der Waals surface area (Å²) in [4.78, 5) is 34.8. The minimum atomic E-state index is -0.201. The van der Waals surface area contributed by atoms with Gasteiger partial charge >= 0.3 is 0 Å². The van der Waals surface area contributed by atoms with Gasteiger partial charge in [0.25, 0.3) is 5.56 Å². The van der Waals surface area contributed by atoms with Gasteiger partial charge in [-0.05, 0) is 18.2 Å². The average molecular weight is 467 g/mol. The van der Waals surface area contributed by atoms with Crippen LogP contribution in [0.15, 0.2) is 58.5 Å². The van der Waals surface area contributed by atoms with Gasteiger partial charge in [0.05, 0.1) is 36.9 Å². The third-order valence-electron chi connectivity index (χ3n) is 5.43. The van der Waals surface area contributed by atoms with Gasteiger partial charge in [-0.15, -0.1) is 0 Å². The van der Waals surface area contributed by atoms with Crippen LogP contribution in [0.5, 0.6) is 11.5 Å². The normalized spacial score (nSPS) is 13.3. The van der Waals surface area contributed by atoms with E-state index in [1.165, 1.54) is 11.8 Å². The van der Waals surface area contributed by atoms with E-state index in [0.29, 0.717) is 41.7 Å². The summed E-state index contributed by atoms with van der Waals surface area (Å²) in [6, 6.07) is 15.1. The van der Waals surface area contributed by atoms with Gasteiger partial charge in [-0.3, -0.25) is 14.5 Å². The van der Waals surface area contributed by atoms with Crippen LogP contribution in [-0.4, -0.2) is 47.3 Å². The highest BCUT2D eigenvalue weighted by Gasteiger charge is 2.22. The van der Waals surface area contributed by atoms with Crippen molar-refractivity contribution in [3.8, 4) is 11.5 Å². The Bertz CT molecular complexity index is 1200. The maximum atomic E-state index is 12.7. The number of carbonyl (C=O) groups is 1. The number of hydrogen-bond donors (Lipinski definition) is 2. The molecule has 0 radical (unpaired) electrons. The van der Waals surface area contributed by atoms with Crippen LogP contribution < -0.4 is 20.3 Å². The van der Waals surface area contributed by atoms with Crippen LogP contribution in [0.2, 0.25) is 0 Å². The van der Waals surface area contributed by atoms with Crippen LogP contribution in [0, 0.1) is 0 Å². The molecule has 172 valence electrons. The number of amides is 1. The molecule has 0 aliphatic carbocycles. The number of aromatic nitrogens is 2. The number of hydrogen-bond acceptors (Lipinski definition) is 7. The fourth-order valence-corrected chi connectivity index (χ4v) is 4.48. The molecule has 1 aromatic heterocycles. The van der Waals surface area contributed by atoms with Crippen LogP contribution >= 0.6 is 11.8 Å². The standard InChI is InChI=1S/C24H26N4O4S/c1-31-20-9-5-3-7-16(20)13-28-12-11-18-17(14-28)23(30)27-24(26-18)33-15-22(29)25-19-8-4-6-10-21(19)32-2/h3-10H,11-15H2,1-2H3,(H,25,29)(H,26,27,30). The van der Waals surface area contributed by atoms with E-state index in [1.54, 1.807) is 26.4 Å². The Kier molecular flexibility index (Phi) is 7.31. The highest BCUT2D eigenvalue weighted by molar-refractivity contribution is 7.99. The summed E-state index contributed by atoms with van der Waals surface area (Å²) < 4.78 is 10.7. The molecule has 1 aliphatic rings. The molecular formula is C24H26N4O4S. The number of thioether (sulfide) groups is 1. The lowest BCUT2D eigenvalue weighted by atomic mass is 10.1. The minimum Gasteiger partial charge on any atom is -0.496 e. The number of fused-ring (bicyclic) bond motifs is 1. The number of methoxy groups -OCH3 is 2. The number of ether oxygens (including phenoxy) is 2. The molecule has 1 amide bonds. The Hall–Kier alpha value is -3.30. The number of para-hydroxylation sites is 3. The second-order valence-corrected chi connectivity index (χ2v) is 8.57. The smallest absolute Gasteiger partial charge is 0.256 e. The molecule has 8 nitrogen and oxygen atoms in total. The molecular weight excluding hydrogens is 440 g/mol. The molecule has 2 N–H and O–H groups in total. The van der Waals surface area contributed by atoms with Gasteiger partial charge in [0.2, 0.25) is 5.91 Å². The van der Waals surface area contributed by atoms with Gasteiger partial charge < -0.3 is 19.8 Å². The van der Waals surface area contributed by atoms with Crippen molar-refractivity contribution in [1.82, 2.24) is 14.9 Å². The summed E-state index contributed by atoms with van der Waals surface area (Å²) in [5, 5.41) is 3.28. The number of aromatic amines is 1. The van der Waals surface area contributed by atoms with E-state index in [1.807, 2.05) is 36.4 Å². The summed E-state index contributed by atoms with van der Waals surface area (Å²) >= 11 is 1.21. The van der Waals surface area contributed by atoms with Crippen molar-refractivity contribution in [1.29, 1.82) is 0 Å². The van der Waals surface area contributed by atoms with Crippen LogP contribution in [0.4, 0.5) is 5.69 Å². The van der Waals surface area contributed by atoms with E-state index in [9.17, 15) is 9.59 Å². The fourth-order valence-electron chi connectivity index (χ4n) is 3.80. The SMILES string of the molecule is COc1ccccc1CN1CCc2nc(SCC(=O)Nc3ccccc3OC)[nH]c(=O)c2C1. The molecule has 9 heteroatoms. The number of rotatable bonds is 8. The van der Waals surface area contributed by atoms with Gasteiger partial charge in [-0.25, -0.2) is 4.98 Å². The Labute approximate surface area is 196 Å². The first-order chi connectivity index (χ1) is 16.1. The van der Waals surface area contributed by atoms with Crippen LogP contribution in [-0.2, 0) is 24.3 Å². The van der Waals surface area contributed by atoms with Crippen LogP contribution in [0.25, 0.3) is 0 Å². The van der Waals surface area contributed by atoms with E-state index in [-0.39, 0.29) is 17.2 Å². The minimum absolute atomic E-state index is 0.125. The number of benzene rings is 2. The number of carbonyl (C=O) groups excluding carboxylic acids is 1. The molecule has 1 aliphatic heterocycles. The zero-order valence-electron chi connectivity index (χ0n) is 18.6. The summed E-state index contributed by atoms with van der Waals surface area (Å²) in [5.41, 5.74) is 3.01. The Balaban J connectivity index is 1.39. The lowest BCUT2D eigenvalue weighted by Gasteiger charge is -2.28. The highest BCUT2D eigenvalue weighted by Crippen LogP contribution is 2.25. The summed E-state index contributed by atoms with van der Waals surface area (Å²) in [7, 11) is 3.22. The van der Waals surface area contributed by atoms with Crippen molar-refractivity contribution in [2.75, 3.05) is 31.8 Å². The predicted molar refractivity (Wildman–Crippen MR) is 128 cm³/mol. The van der Waals surface area contributed by atoms with E-state index in [4.69, 9.17) is 9.47 Å². The van der Waals surface area contributed by atoms with Crippen molar-refractivity contribution >= 4 is 23.4 Å². The first kappa shape index (κ1) is 22.9. The molecule has 2 heterocycles. The molecule has 0 unspecified atom stereocenters. The van der Waals surface area contributed by atoms with Crippen molar-refractivity contribution in [3.63, 3.8) is 0 Å². The molecule has 4 rings (SSSR count). The Morgan fingerprint density at radius 3 is 2.64 bits per heavy atom. The molecule has 0 atom stereocenters. The van der Waals surface area contributed by atoms with E-state index < -0.39 is 0 Å².